The number of carbonyl (C=O) groups is 8. The van der Waals surface area contributed by atoms with Crippen LogP contribution in [-0.2, 0) is 64.0 Å². The van der Waals surface area contributed by atoms with Crippen LogP contribution in [0.5, 0.6) is 5.75 Å². The highest BCUT2D eigenvalue weighted by molar-refractivity contribution is 5.97. The van der Waals surface area contributed by atoms with Crippen molar-refractivity contribution in [3.05, 3.63) is 138 Å². The van der Waals surface area contributed by atoms with Crippen LogP contribution in [-0.4, -0.2) is 117 Å². The van der Waals surface area contributed by atoms with E-state index in [4.69, 9.17) is 22.3 Å². The lowest BCUT2D eigenvalue weighted by Crippen LogP contribution is -2.61. The molecule has 0 saturated heterocycles. The highest BCUT2D eigenvalue weighted by Gasteiger charge is 2.35. The summed E-state index contributed by atoms with van der Waals surface area (Å²) in [7, 11) is 0. The highest BCUT2D eigenvalue weighted by Crippen LogP contribution is 2.15. The number of rotatable bonds is 30. The van der Waals surface area contributed by atoms with Crippen LogP contribution >= 0.6 is 0 Å². The molecule has 0 fully saturated rings. The van der Waals surface area contributed by atoms with Gasteiger partial charge in [-0.1, -0.05) is 123 Å². The Morgan fingerprint density at radius 1 is 0.514 bits per heavy atom. The number of carboxylic acids is 2. The first kappa shape index (κ1) is 58.2. The lowest BCUT2D eigenvalue weighted by Gasteiger charge is -2.29. The van der Waals surface area contributed by atoms with Crippen molar-refractivity contribution in [2.75, 3.05) is 6.54 Å². The zero-order chi connectivity index (χ0) is 54.2. The molecule has 0 radical (unpaired) electrons. The fraction of sp³-hybridized carbons (Fsp3) is 0.377. The Labute approximate surface area is 429 Å². The summed E-state index contributed by atoms with van der Waals surface area (Å²) in [6.07, 6.45) is -0.496. The number of carbonyl (C=O) groups excluding carboxylic acids is 6. The number of nitrogens with zero attached hydrogens (tertiary/aromatic N) is 1. The van der Waals surface area contributed by atoms with E-state index in [1.165, 1.54) is 24.3 Å². The van der Waals surface area contributed by atoms with Gasteiger partial charge in [-0.2, -0.15) is 0 Å². The van der Waals surface area contributed by atoms with E-state index < -0.39 is 102 Å². The Morgan fingerprint density at radius 2 is 0.905 bits per heavy atom. The van der Waals surface area contributed by atoms with Gasteiger partial charge in [0.15, 0.2) is 5.96 Å². The number of carboxylic acid groups (broad SMARTS) is 2. The Morgan fingerprint density at radius 3 is 1.32 bits per heavy atom. The monoisotopic (exact) mass is 1020 g/mol. The number of hydrogen-bond acceptors (Lipinski definition) is 11. The first-order valence-electron chi connectivity index (χ1n) is 24.3. The van der Waals surface area contributed by atoms with Crippen molar-refractivity contribution < 1.29 is 53.7 Å². The lowest BCUT2D eigenvalue weighted by molar-refractivity contribution is -0.142. The number of aliphatic carboxylic acids is 2. The maximum atomic E-state index is 14.7. The van der Waals surface area contributed by atoms with Crippen LogP contribution < -0.4 is 49.1 Å². The normalized spacial score (nSPS) is 14.1. The van der Waals surface area contributed by atoms with E-state index in [-0.39, 0.29) is 63.2 Å². The molecule has 4 aromatic rings. The van der Waals surface area contributed by atoms with Gasteiger partial charge in [0, 0.05) is 38.6 Å². The summed E-state index contributed by atoms with van der Waals surface area (Å²) in [6, 6.07) is 22.5. The molecule has 0 aliphatic rings. The minimum Gasteiger partial charge on any atom is -0.508 e. The van der Waals surface area contributed by atoms with Gasteiger partial charge in [-0.05, 0) is 59.6 Å². The van der Waals surface area contributed by atoms with Gasteiger partial charge in [0.05, 0.1) is 6.04 Å². The molecule has 396 valence electrons. The van der Waals surface area contributed by atoms with E-state index in [9.17, 15) is 48.6 Å². The van der Waals surface area contributed by atoms with Crippen LogP contribution in [0, 0.1) is 5.92 Å². The quantitative estimate of drug-likeness (QED) is 0.0197. The Bertz CT molecular complexity index is 2510. The largest absolute Gasteiger partial charge is 0.508 e. The van der Waals surface area contributed by atoms with Crippen molar-refractivity contribution in [2.24, 2.45) is 28.1 Å². The molecule has 0 spiro atoms. The molecular formula is C53H68N10O11. The summed E-state index contributed by atoms with van der Waals surface area (Å²) >= 11 is 0. The van der Waals surface area contributed by atoms with E-state index in [2.05, 4.69) is 36.9 Å². The number of guanidine groups is 1. The van der Waals surface area contributed by atoms with Gasteiger partial charge in [-0.25, -0.2) is 4.79 Å². The van der Waals surface area contributed by atoms with E-state index in [0.29, 0.717) is 28.7 Å². The average molecular weight is 1020 g/mol. The van der Waals surface area contributed by atoms with Gasteiger partial charge in [-0.15, -0.1) is 0 Å². The van der Waals surface area contributed by atoms with Gasteiger partial charge >= 0.3 is 11.9 Å². The van der Waals surface area contributed by atoms with Gasteiger partial charge in [0.25, 0.3) is 0 Å². The van der Waals surface area contributed by atoms with Crippen molar-refractivity contribution in [3.8, 4) is 5.75 Å². The van der Waals surface area contributed by atoms with Crippen LogP contribution in [0.15, 0.2) is 120 Å². The summed E-state index contributed by atoms with van der Waals surface area (Å²) in [6.45, 7) is 3.56. The molecule has 74 heavy (non-hydrogen) atoms. The molecular weight excluding hydrogens is 953 g/mol. The number of phenolic OH excluding ortho intramolecular Hbond substituents is 1. The molecule has 4 rings (SSSR count). The minimum absolute atomic E-state index is 0.0290. The van der Waals surface area contributed by atoms with E-state index in [1.807, 2.05) is 0 Å². The summed E-state index contributed by atoms with van der Waals surface area (Å²) in [5.41, 5.74) is 19.5. The van der Waals surface area contributed by atoms with Gasteiger partial charge in [0.2, 0.25) is 35.4 Å². The van der Waals surface area contributed by atoms with Crippen molar-refractivity contribution >= 4 is 53.3 Å². The Kier molecular flexibility index (Phi) is 23.5. The van der Waals surface area contributed by atoms with Crippen LogP contribution in [0.3, 0.4) is 0 Å². The molecule has 0 aliphatic carbocycles. The first-order valence-corrected chi connectivity index (χ1v) is 24.3. The van der Waals surface area contributed by atoms with Crippen molar-refractivity contribution in [2.45, 2.75) is 114 Å². The number of aromatic hydroxyl groups is 1. The summed E-state index contributed by atoms with van der Waals surface area (Å²) in [4.78, 5) is 113. The predicted molar refractivity (Wildman–Crippen MR) is 276 cm³/mol. The molecule has 6 amide bonds. The molecule has 0 aromatic heterocycles. The first-order chi connectivity index (χ1) is 35.3. The second kappa shape index (κ2) is 29.9. The average Bonchev–Trinajstić information content (AvgIpc) is 3.38. The molecule has 0 saturated carbocycles. The van der Waals surface area contributed by atoms with E-state index in [1.54, 1.807) is 105 Å². The second-order valence-corrected chi connectivity index (χ2v) is 17.9. The molecule has 0 aliphatic heterocycles. The maximum Gasteiger partial charge on any atom is 0.326 e. The second-order valence-electron chi connectivity index (χ2n) is 17.9. The smallest absolute Gasteiger partial charge is 0.326 e. The molecule has 0 heterocycles. The van der Waals surface area contributed by atoms with Crippen LogP contribution in [0.25, 0.3) is 0 Å². The third kappa shape index (κ3) is 20.1. The SMILES string of the molecule is CC[C@H](C)[C@H](NC(=O)[C@H](CCCN=C(N)N)NC(=O)[C@H](Cc1ccccc1)NC(=O)[C@H](Cc1ccccc1)NC(=O)[C@H](Cc1ccc(O)cc1)NC(=O)[C@@H](N)CCC(=O)O)C(=O)N[C@@H](Cc1ccccc1)C(=O)O. The van der Waals surface area contributed by atoms with E-state index >= 15 is 0 Å². The van der Waals surface area contributed by atoms with Gasteiger partial charge in [-0.3, -0.25) is 38.6 Å². The number of aliphatic imine (C=N–C) groups is 1. The zero-order valence-electron chi connectivity index (χ0n) is 41.4. The van der Waals surface area contributed by atoms with Gasteiger partial charge < -0.3 is 64.4 Å². The summed E-state index contributed by atoms with van der Waals surface area (Å²) < 4.78 is 0. The highest BCUT2D eigenvalue weighted by atomic mass is 16.4. The number of benzene rings is 4. The van der Waals surface area contributed by atoms with Crippen molar-refractivity contribution in [1.82, 2.24) is 31.9 Å². The fourth-order valence-corrected chi connectivity index (χ4v) is 7.74. The molecule has 0 bridgehead atoms. The Hall–Kier alpha value is -8.33. The fourth-order valence-electron chi connectivity index (χ4n) is 7.74. The molecule has 4 aromatic carbocycles. The third-order valence-electron chi connectivity index (χ3n) is 12.1. The lowest BCUT2D eigenvalue weighted by atomic mass is 9.96. The number of hydrogen-bond donors (Lipinski definition) is 12. The molecule has 0 unspecified atom stereocenters. The zero-order valence-corrected chi connectivity index (χ0v) is 41.4. The summed E-state index contributed by atoms with van der Waals surface area (Å²) in [5, 5.41) is 45.3. The number of nitrogens with one attached hydrogen (secondary N) is 6. The maximum absolute atomic E-state index is 14.7. The molecule has 21 nitrogen and oxygen atoms in total. The summed E-state index contributed by atoms with van der Waals surface area (Å²) in [5.74, 6) is -8.07. The topological polar surface area (TPSA) is 360 Å². The number of phenols is 1. The van der Waals surface area contributed by atoms with Crippen LogP contribution in [0.1, 0.15) is 68.2 Å². The number of amides is 6. The molecule has 21 heteroatoms. The Balaban J connectivity index is 1.66. The third-order valence-corrected chi connectivity index (χ3v) is 12.1. The molecule has 15 N–H and O–H groups in total. The molecule has 8 atom stereocenters. The predicted octanol–water partition coefficient (Wildman–Crippen LogP) is 0.948. The van der Waals surface area contributed by atoms with E-state index in [0.717, 1.165) is 0 Å². The van der Waals surface area contributed by atoms with Crippen molar-refractivity contribution in [1.29, 1.82) is 0 Å². The standard InChI is InChI=1S/C53H68N10O11/c1-3-32(2)45(51(72)62-43(52(73)74)31-35-18-11-6-12-19-35)63-47(68)39(20-13-27-57-53(55)56)58-48(69)41(28-33-14-7-4-8-15-33)60-50(71)42(29-34-16-9-5-10-17-34)61-49(70)40(30-36-21-23-37(64)24-22-36)59-46(67)38(54)25-26-44(65)66/h4-12,14-19,21-24,32,38-43,45,64H,3,13,20,25-31,54H2,1-2H3,(H,58,69)(H,59,67)(H,60,71)(H,61,70)(H,62,72)(H,63,68)(H,65,66)(H,73,74)(H4,55,56,57)/t32-,38-,39-,40-,41-,42-,43-,45-/m0/s1. The van der Waals surface area contributed by atoms with Crippen LogP contribution in [0.2, 0.25) is 0 Å². The number of nitrogens with two attached hydrogens (primary N) is 3. The van der Waals surface area contributed by atoms with Crippen LogP contribution in [0.4, 0.5) is 0 Å². The minimum atomic E-state index is -1.39. The van der Waals surface area contributed by atoms with Gasteiger partial charge in [0.1, 0.15) is 42.0 Å². The van der Waals surface area contributed by atoms with Crippen molar-refractivity contribution in [3.63, 3.8) is 0 Å².